The third-order valence-corrected chi connectivity index (χ3v) is 2.78. The van der Waals surface area contributed by atoms with Crippen LogP contribution in [0.5, 0.6) is 0 Å². The standard InChI is InChI=1S/C12H12ClNO/c1-7-4-9(3)10(5-8(7)2)11-6-12(13)15-14-11/h4-6H,1-3H3. The van der Waals surface area contributed by atoms with Crippen LogP contribution in [0.3, 0.4) is 0 Å². The van der Waals surface area contributed by atoms with Crippen LogP contribution >= 0.6 is 11.6 Å². The lowest BCUT2D eigenvalue weighted by molar-refractivity contribution is 0.424. The van der Waals surface area contributed by atoms with Gasteiger partial charge in [-0.05, 0) is 55.1 Å². The Labute approximate surface area is 93.9 Å². The van der Waals surface area contributed by atoms with Gasteiger partial charge in [0.2, 0.25) is 5.22 Å². The molecule has 0 saturated heterocycles. The molecule has 15 heavy (non-hydrogen) atoms. The van der Waals surface area contributed by atoms with Crippen LogP contribution in [0.4, 0.5) is 0 Å². The second kappa shape index (κ2) is 3.70. The lowest BCUT2D eigenvalue weighted by atomic mass is 9.99. The first-order chi connectivity index (χ1) is 7.08. The van der Waals surface area contributed by atoms with Crippen molar-refractivity contribution in [3.8, 4) is 11.3 Å². The van der Waals surface area contributed by atoms with E-state index >= 15 is 0 Å². The summed E-state index contributed by atoms with van der Waals surface area (Å²) in [4.78, 5) is 0. The highest BCUT2D eigenvalue weighted by molar-refractivity contribution is 6.29. The number of hydrogen-bond acceptors (Lipinski definition) is 2. The van der Waals surface area contributed by atoms with E-state index in [1.54, 1.807) is 6.07 Å². The van der Waals surface area contributed by atoms with E-state index in [0.717, 1.165) is 11.3 Å². The number of nitrogens with zero attached hydrogens (tertiary/aromatic N) is 1. The molecule has 0 radical (unpaired) electrons. The molecule has 0 bridgehead atoms. The molecule has 0 amide bonds. The van der Waals surface area contributed by atoms with Crippen molar-refractivity contribution in [2.45, 2.75) is 20.8 Å². The molecule has 0 unspecified atom stereocenters. The predicted molar refractivity (Wildman–Crippen MR) is 61.2 cm³/mol. The molecule has 1 aromatic carbocycles. The van der Waals surface area contributed by atoms with Gasteiger partial charge in [0.05, 0.1) is 0 Å². The van der Waals surface area contributed by atoms with Gasteiger partial charge in [-0.3, -0.25) is 0 Å². The molecule has 2 nitrogen and oxygen atoms in total. The third kappa shape index (κ3) is 1.90. The number of halogens is 1. The Morgan fingerprint density at radius 1 is 1.00 bits per heavy atom. The molecule has 0 fully saturated rings. The van der Waals surface area contributed by atoms with Crippen molar-refractivity contribution in [2.24, 2.45) is 0 Å². The quantitative estimate of drug-likeness (QED) is 0.730. The van der Waals surface area contributed by atoms with E-state index in [1.807, 2.05) is 0 Å². The van der Waals surface area contributed by atoms with Gasteiger partial charge in [0.25, 0.3) is 0 Å². The zero-order chi connectivity index (χ0) is 11.0. The Balaban J connectivity index is 2.58. The molecule has 2 aromatic rings. The van der Waals surface area contributed by atoms with Gasteiger partial charge in [-0.1, -0.05) is 11.2 Å². The van der Waals surface area contributed by atoms with Gasteiger partial charge in [-0.2, -0.15) is 0 Å². The molecule has 0 spiro atoms. The number of aryl methyl sites for hydroxylation is 3. The summed E-state index contributed by atoms with van der Waals surface area (Å²) in [5, 5.41) is 4.23. The summed E-state index contributed by atoms with van der Waals surface area (Å²) in [5.41, 5.74) is 5.58. The summed E-state index contributed by atoms with van der Waals surface area (Å²) < 4.78 is 4.86. The predicted octanol–water partition coefficient (Wildman–Crippen LogP) is 3.92. The molecule has 0 N–H and O–H groups in total. The number of rotatable bonds is 1. The minimum atomic E-state index is 0.322. The molecular formula is C12H12ClNO. The lowest BCUT2D eigenvalue weighted by Gasteiger charge is -2.06. The molecule has 3 heteroatoms. The first kappa shape index (κ1) is 10.2. The smallest absolute Gasteiger partial charge is 0.226 e. The van der Waals surface area contributed by atoms with Crippen LogP contribution in [0.2, 0.25) is 5.22 Å². The number of benzene rings is 1. The second-order valence-electron chi connectivity index (χ2n) is 3.77. The first-order valence-electron chi connectivity index (χ1n) is 4.78. The second-order valence-corrected chi connectivity index (χ2v) is 4.14. The fourth-order valence-electron chi connectivity index (χ4n) is 1.62. The Hall–Kier alpha value is -1.28. The number of aromatic nitrogens is 1. The molecule has 78 valence electrons. The van der Waals surface area contributed by atoms with Gasteiger partial charge in [0.15, 0.2) is 0 Å². The molecular weight excluding hydrogens is 210 g/mol. The topological polar surface area (TPSA) is 26.0 Å². The Bertz CT molecular complexity index is 502. The van der Waals surface area contributed by atoms with Gasteiger partial charge < -0.3 is 4.52 Å². The highest BCUT2D eigenvalue weighted by atomic mass is 35.5. The SMILES string of the molecule is Cc1cc(C)c(-c2cc(Cl)on2)cc1C. The third-order valence-electron chi connectivity index (χ3n) is 2.60. The van der Waals surface area contributed by atoms with Gasteiger partial charge in [-0.15, -0.1) is 0 Å². The molecule has 0 aliphatic carbocycles. The summed E-state index contributed by atoms with van der Waals surface area (Å²) in [5.74, 6) is 0. The molecule has 1 aromatic heterocycles. The van der Waals surface area contributed by atoms with Crippen molar-refractivity contribution < 1.29 is 4.52 Å². The zero-order valence-corrected chi connectivity index (χ0v) is 9.72. The molecule has 0 aliphatic heterocycles. The minimum absolute atomic E-state index is 0.322. The van der Waals surface area contributed by atoms with E-state index in [0.29, 0.717) is 5.22 Å². The van der Waals surface area contributed by atoms with Gasteiger partial charge >= 0.3 is 0 Å². The summed E-state index contributed by atoms with van der Waals surface area (Å²) in [6, 6.07) is 5.99. The average Bonchev–Trinajstić information content (AvgIpc) is 2.58. The van der Waals surface area contributed by atoms with Crippen LogP contribution in [-0.2, 0) is 0 Å². The van der Waals surface area contributed by atoms with Crippen LogP contribution in [0.25, 0.3) is 11.3 Å². The van der Waals surface area contributed by atoms with Gasteiger partial charge in [0, 0.05) is 11.6 Å². The van der Waals surface area contributed by atoms with Crippen molar-refractivity contribution in [1.82, 2.24) is 5.16 Å². The highest BCUT2D eigenvalue weighted by Gasteiger charge is 2.09. The maximum atomic E-state index is 5.70. The molecule has 1 heterocycles. The minimum Gasteiger partial charge on any atom is -0.344 e. The molecule has 0 saturated carbocycles. The van der Waals surface area contributed by atoms with E-state index in [9.17, 15) is 0 Å². The van der Waals surface area contributed by atoms with E-state index in [4.69, 9.17) is 16.1 Å². The molecule has 0 aliphatic rings. The van der Waals surface area contributed by atoms with Crippen molar-refractivity contribution in [3.05, 3.63) is 40.1 Å². The summed E-state index contributed by atoms with van der Waals surface area (Å²) in [7, 11) is 0. The fourth-order valence-corrected chi connectivity index (χ4v) is 1.75. The number of hydrogen-bond donors (Lipinski definition) is 0. The van der Waals surface area contributed by atoms with Crippen LogP contribution < -0.4 is 0 Å². The Morgan fingerprint density at radius 3 is 2.27 bits per heavy atom. The Morgan fingerprint density at radius 2 is 1.67 bits per heavy atom. The van der Waals surface area contributed by atoms with Crippen LogP contribution in [0.1, 0.15) is 16.7 Å². The average molecular weight is 222 g/mol. The largest absolute Gasteiger partial charge is 0.344 e. The maximum Gasteiger partial charge on any atom is 0.226 e. The van der Waals surface area contributed by atoms with E-state index < -0.39 is 0 Å². The van der Waals surface area contributed by atoms with E-state index in [1.165, 1.54) is 16.7 Å². The lowest BCUT2D eigenvalue weighted by Crippen LogP contribution is -1.88. The first-order valence-corrected chi connectivity index (χ1v) is 5.16. The van der Waals surface area contributed by atoms with Crippen LogP contribution in [0, 0.1) is 20.8 Å². The van der Waals surface area contributed by atoms with Crippen molar-refractivity contribution in [3.63, 3.8) is 0 Å². The monoisotopic (exact) mass is 221 g/mol. The van der Waals surface area contributed by atoms with Crippen LogP contribution in [-0.4, -0.2) is 5.16 Å². The van der Waals surface area contributed by atoms with Crippen LogP contribution in [0.15, 0.2) is 22.7 Å². The fraction of sp³-hybridized carbons (Fsp3) is 0.250. The van der Waals surface area contributed by atoms with E-state index in [-0.39, 0.29) is 0 Å². The van der Waals surface area contributed by atoms with Gasteiger partial charge in [-0.25, -0.2) is 0 Å². The highest BCUT2D eigenvalue weighted by Crippen LogP contribution is 2.27. The van der Waals surface area contributed by atoms with E-state index in [2.05, 4.69) is 38.1 Å². The normalized spacial score (nSPS) is 10.7. The summed E-state index contributed by atoms with van der Waals surface area (Å²) in [6.07, 6.45) is 0. The van der Waals surface area contributed by atoms with Crippen molar-refractivity contribution >= 4 is 11.6 Å². The van der Waals surface area contributed by atoms with Crippen molar-refractivity contribution in [1.29, 1.82) is 0 Å². The summed E-state index contributed by atoms with van der Waals surface area (Å²) >= 11 is 5.70. The molecule has 0 atom stereocenters. The molecule has 2 rings (SSSR count). The zero-order valence-electron chi connectivity index (χ0n) is 8.97. The summed E-state index contributed by atoms with van der Waals surface area (Å²) in [6.45, 7) is 6.24. The van der Waals surface area contributed by atoms with Crippen molar-refractivity contribution in [2.75, 3.05) is 0 Å². The maximum absolute atomic E-state index is 5.70. The Kier molecular flexibility index (Phi) is 2.53. The van der Waals surface area contributed by atoms with Gasteiger partial charge in [0.1, 0.15) is 5.69 Å².